The van der Waals surface area contributed by atoms with Crippen LogP contribution in [-0.2, 0) is 0 Å². The van der Waals surface area contributed by atoms with Gasteiger partial charge in [0, 0.05) is 18.3 Å². The van der Waals surface area contributed by atoms with E-state index in [2.05, 4.69) is 55.8 Å². The second kappa shape index (κ2) is 11.4. The number of nitrogens with zero attached hydrogens (tertiary/aromatic N) is 2. The Labute approximate surface area is 201 Å². The number of benzene rings is 1. The topological polar surface area (TPSA) is 44.8 Å². The van der Waals surface area contributed by atoms with E-state index in [9.17, 15) is 4.79 Å². The Kier molecular flexibility index (Phi) is 8.86. The summed E-state index contributed by atoms with van der Waals surface area (Å²) in [5.41, 5.74) is 2.64. The van der Waals surface area contributed by atoms with Gasteiger partial charge >= 0.3 is 6.03 Å². The summed E-state index contributed by atoms with van der Waals surface area (Å²) in [6.45, 7) is 18.0. The van der Waals surface area contributed by atoms with Crippen molar-refractivity contribution in [1.29, 1.82) is 0 Å². The molecule has 33 heavy (non-hydrogen) atoms. The standard InChI is InChI=1S/C28H45N3O2/c1-7-30(8-2)18-10-11-21(4)31(20-22-12-13-23-19-26(22)28(23,5)6)27(32)29-24-14-16-25(17-15-24)33-9-3/h12,14-17,21,23,26H,7-11,13,18-20H2,1-6H3,(H,29,32). The van der Waals surface area contributed by atoms with Gasteiger partial charge in [-0.15, -0.1) is 0 Å². The highest BCUT2D eigenvalue weighted by Gasteiger charge is 2.51. The number of allylic oxidation sites excluding steroid dienone is 1. The number of nitrogens with one attached hydrogen (secondary N) is 1. The van der Waals surface area contributed by atoms with Crippen molar-refractivity contribution in [2.45, 2.75) is 73.3 Å². The van der Waals surface area contributed by atoms with Crippen LogP contribution in [0.5, 0.6) is 5.75 Å². The van der Waals surface area contributed by atoms with E-state index in [0.29, 0.717) is 17.9 Å². The smallest absolute Gasteiger partial charge is 0.322 e. The molecule has 0 aliphatic heterocycles. The second-order valence-corrected chi connectivity index (χ2v) is 10.4. The Morgan fingerprint density at radius 1 is 1.18 bits per heavy atom. The molecule has 1 fully saturated rings. The molecule has 0 heterocycles. The highest BCUT2D eigenvalue weighted by molar-refractivity contribution is 5.89. The number of fused-ring (bicyclic) bond motifs is 1. The summed E-state index contributed by atoms with van der Waals surface area (Å²) >= 11 is 0. The lowest BCUT2D eigenvalue weighted by Crippen LogP contribution is -2.51. The zero-order valence-electron chi connectivity index (χ0n) is 21.7. The zero-order chi connectivity index (χ0) is 24.0. The van der Waals surface area contributed by atoms with E-state index >= 15 is 0 Å². The number of carbonyl (C=O) groups excluding carboxylic acids is 1. The largest absolute Gasteiger partial charge is 0.494 e. The SMILES string of the molecule is CCOc1ccc(NC(=O)N(CC2=CCC3CC2C3(C)C)C(C)CCCN(CC)CC)cc1. The van der Waals surface area contributed by atoms with Gasteiger partial charge in [0.2, 0.25) is 0 Å². The number of amides is 2. The number of rotatable bonds is 12. The van der Waals surface area contributed by atoms with E-state index in [1.807, 2.05) is 31.2 Å². The van der Waals surface area contributed by atoms with Crippen molar-refractivity contribution in [3.63, 3.8) is 0 Å². The average Bonchev–Trinajstić information content (AvgIpc) is 2.81. The first kappa shape index (κ1) is 25.6. The molecule has 1 aromatic carbocycles. The van der Waals surface area contributed by atoms with Crippen LogP contribution in [0.2, 0.25) is 0 Å². The first-order valence-electron chi connectivity index (χ1n) is 13.0. The maximum Gasteiger partial charge on any atom is 0.322 e. The molecule has 3 atom stereocenters. The van der Waals surface area contributed by atoms with Crippen molar-refractivity contribution in [2.75, 3.05) is 38.1 Å². The fourth-order valence-electron chi connectivity index (χ4n) is 5.58. The first-order valence-corrected chi connectivity index (χ1v) is 13.0. The average molecular weight is 456 g/mol. The van der Waals surface area contributed by atoms with Crippen molar-refractivity contribution in [3.05, 3.63) is 35.9 Å². The molecule has 0 aromatic heterocycles. The fourth-order valence-corrected chi connectivity index (χ4v) is 5.58. The molecule has 1 aromatic rings. The fraction of sp³-hybridized carbons (Fsp3) is 0.679. The van der Waals surface area contributed by atoms with E-state index in [1.54, 1.807) is 0 Å². The minimum absolute atomic E-state index is 0.00495. The van der Waals surface area contributed by atoms with Gasteiger partial charge in [-0.05, 0) is 101 Å². The van der Waals surface area contributed by atoms with E-state index in [1.165, 1.54) is 12.0 Å². The van der Waals surface area contributed by atoms with Crippen molar-refractivity contribution in [3.8, 4) is 5.75 Å². The normalized spacial score (nSPS) is 21.7. The van der Waals surface area contributed by atoms with Crippen LogP contribution in [0.15, 0.2) is 35.9 Å². The van der Waals surface area contributed by atoms with Crippen molar-refractivity contribution >= 4 is 11.7 Å². The number of carbonyl (C=O) groups is 1. The maximum atomic E-state index is 13.5. The molecule has 1 N–H and O–H groups in total. The van der Waals surface area contributed by atoms with Crippen LogP contribution in [0.4, 0.5) is 10.5 Å². The molecule has 5 nitrogen and oxygen atoms in total. The quantitative estimate of drug-likeness (QED) is 0.370. The molecule has 2 amide bonds. The third-order valence-electron chi connectivity index (χ3n) is 8.14. The summed E-state index contributed by atoms with van der Waals surface area (Å²) in [7, 11) is 0. The highest BCUT2D eigenvalue weighted by atomic mass is 16.5. The Hall–Kier alpha value is -2.01. The van der Waals surface area contributed by atoms with Gasteiger partial charge in [0.15, 0.2) is 0 Å². The second-order valence-electron chi connectivity index (χ2n) is 10.4. The van der Waals surface area contributed by atoms with Crippen LogP contribution in [0.1, 0.15) is 67.2 Å². The molecule has 4 rings (SSSR count). The van der Waals surface area contributed by atoms with Gasteiger partial charge in [0.25, 0.3) is 0 Å². The number of anilines is 1. The summed E-state index contributed by atoms with van der Waals surface area (Å²) in [5.74, 6) is 2.25. The molecule has 2 bridgehead atoms. The lowest BCUT2D eigenvalue weighted by Gasteiger charge is -2.57. The third-order valence-corrected chi connectivity index (χ3v) is 8.14. The third kappa shape index (κ3) is 6.11. The van der Waals surface area contributed by atoms with Crippen LogP contribution < -0.4 is 10.1 Å². The minimum Gasteiger partial charge on any atom is -0.494 e. The lowest BCUT2D eigenvalue weighted by atomic mass is 9.49. The monoisotopic (exact) mass is 455 g/mol. The molecule has 0 saturated heterocycles. The first-order chi connectivity index (χ1) is 15.8. The van der Waals surface area contributed by atoms with E-state index in [0.717, 1.165) is 62.8 Å². The van der Waals surface area contributed by atoms with Crippen molar-refractivity contribution < 1.29 is 9.53 Å². The van der Waals surface area contributed by atoms with Gasteiger partial charge in [0.1, 0.15) is 5.75 Å². The molecule has 1 saturated carbocycles. The predicted octanol–water partition coefficient (Wildman–Crippen LogP) is 6.42. The number of hydrogen-bond acceptors (Lipinski definition) is 3. The molecule has 0 radical (unpaired) electrons. The van der Waals surface area contributed by atoms with Crippen LogP contribution in [-0.4, -0.2) is 54.7 Å². The highest BCUT2D eigenvalue weighted by Crippen LogP contribution is 2.59. The summed E-state index contributed by atoms with van der Waals surface area (Å²) in [4.78, 5) is 18.0. The Morgan fingerprint density at radius 2 is 1.88 bits per heavy atom. The van der Waals surface area contributed by atoms with Crippen molar-refractivity contribution in [2.24, 2.45) is 17.3 Å². The molecule has 3 aliphatic carbocycles. The van der Waals surface area contributed by atoms with Crippen LogP contribution >= 0.6 is 0 Å². The minimum atomic E-state index is -0.00495. The van der Waals surface area contributed by atoms with Crippen LogP contribution in [0.3, 0.4) is 0 Å². The summed E-state index contributed by atoms with van der Waals surface area (Å²) in [6, 6.07) is 7.85. The molecule has 184 valence electrons. The van der Waals surface area contributed by atoms with E-state index in [-0.39, 0.29) is 12.1 Å². The lowest BCUT2D eigenvalue weighted by molar-refractivity contribution is -0.0103. The Balaban J connectivity index is 1.68. The molecule has 0 spiro atoms. The molecule has 5 heteroatoms. The van der Waals surface area contributed by atoms with E-state index in [4.69, 9.17) is 4.74 Å². The molecular weight excluding hydrogens is 410 g/mol. The van der Waals surface area contributed by atoms with Gasteiger partial charge in [-0.1, -0.05) is 39.3 Å². The number of ether oxygens (including phenoxy) is 1. The number of hydrogen-bond donors (Lipinski definition) is 1. The van der Waals surface area contributed by atoms with Crippen molar-refractivity contribution in [1.82, 2.24) is 9.80 Å². The van der Waals surface area contributed by atoms with Crippen LogP contribution in [0, 0.1) is 17.3 Å². The molecule has 3 aliphatic rings. The number of urea groups is 1. The summed E-state index contributed by atoms with van der Waals surface area (Å²) in [6.07, 6.45) is 6.97. The van der Waals surface area contributed by atoms with Gasteiger partial charge in [-0.2, -0.15) is 0 Å². The zero-order valence-corrected chi connectivity index (χ0v) is 21.7. The van der Waals surface area contributed by atoms with E-state index < -0.39 is 0 Å². The van der Waals surface area contributed by atoms with Gasteiger partial charge in [0.05, 0.1) is 6.61 Å². The predicted molar refractivity (Wildman–Crippen MR) is 138 cm³/mol. The molecule has 3 unspecified atom stereocenters. The van der Waals surface area contributed by atoms with Crippen LogP contribution in [0.25, 0.3) is 0 Å². The maximum absolute atomic E-state index is 13.5. The van der Waals surface area contributed by atoms with Gasteiger partial charge in [-0.3, -0.25) is 0 Å². The van der Waals surface area contributed by atoms with Gasteiger partial charge < -0.3 is 19.9 Å². The van der Waals surface area contributed by atoms with Gasteiger partial charge in [-0.25, -0.2) is 4.79 Å². The molecular formula is C28H45N3O2. The summed E-state index contributed by atoms with van der Waals surface area (Å²) < 4.78 is 5.54. The Morgan fingerprint density at radius 3 is 2.45 bits per heavy atom. The Bertz CT molecular complexity index is 798. The summed E-state index contributed by atoms with van der Waals surface area (Å²) in [5, 5.41) is 3.15.